The first-order valence-corrected chi connectivity index (χ1v) is 15.1. The van der Waals surface area contributed by atoms with Crippen LogP contribution in [0.5, 0.6) is 0 Å². The number of anilines is 1. The maximum absolute atomic E-state index is 4.86. The molecule has 0 amide bonds. The van der Waals surface area contributed by atoms with Crippen molar-refractivity contribution in [2.75, 3.05) is 31.5 Å². The monoisotopic (exact) mass is 558 g/mol. The summed E-state index contributed by atoms with van der Waals surface area (Å²) in [7, 11) is 0. The van der Waals surface area contributed by atoms with Crippen LogP contribution >= 0.6 is 0 Å². The fraction of sp³-hybridized carbons (Fsp3) is 0.353. The third-order valence-corrected chi connectivity index (χ3v) is 8.54. The van der Waals surface area contributed by atoms with E-state index in [9.17, 15) is 0 Å². The predicted octanol–water partition coefficient (Wildman–Crippen LogP) is 6.65. The van der Waals surface area contributed by atoms with E-state index in [4.69, 9.17) is 9.97 Å². The average Bonchev–Trinajstić information content (AvgIpc) is 3.74. The van der Waals surface area contributed by atoms with Gasteiger partial charge >= 0.3 is 0 Å². The zero-order valence-corrected chi connectivity index (χ0v) is 24.9. The van der Waals surface area contributed by atoms with Crippen molar-refractivity contribution >= 4 is 33.5 Å². The van der Waals surface area contributed by atoms with Crippen molar-refractivity contribution in [2.24, 2.45) is 0 Å². The molecule has 6 aromatic rings. The highest BCUT2D eigenvalue weighted by Gasteiger charge is 2.21. The summed E-state index contributed by atoms with van der Waals surface area (Å²) in [5.41, 5.74) is 7.65. The first-order chi connectivity index (χ1) is 20.4. The minimum atomic E-state index is 0.0787. The molecule has 1 fully saturated rings. The highest BCUT2D eigenvalue weighted by atomic mass is 15.3. The maximum atomic E-state index is 4.86. The molecule has 7 rings (SSSR count). The topological polar surface area (TPSA) is 76.2 Å². The van der Waals surface area contributed by atoms with Gasteiger partial charge in [-0.25, -0.2) is 4.98 Å². The van der Waals surface area contributed by atoms with E-state index >= 15 is 0 Å². The highest BCUT2D eigenvalue weighted by Crippen LogP contribution is 2.34. The second kappa shape index (κ2) is 10.5. The number of aromatic nitrogens is 6. The Kier molecular flexibility index (Phi) is 6.66. The lowest BCUT2D eigenvalue weighted by Crippen LogP contribution is -2.26. The van der Waals surface area contributed by atoms with Crippen LogP contribution in [0.2, 0.25) is 0 Å². The molecule has 4 aromatic heterocycles. The molecule has 8 nitrogen and oxygen atoms in total. The number of hydrogen-bond donors (Lipinski definition) is 1. The van der Waals surface area contributed by atoms with Gasteiger partial charge in [0.05, 0.1) is 22.7 Å². The largest absolute Gasteiger partial charge is 0.369 e. The Bertz CT molecular complexity index is 1870. The lowest BCUT2D eigenvalue weighted by atomic mass is 9.87. The predicted molar refractivity (Wildman–Crippen MR) is 171 cm³/mol. The van der Waals surface area contributed by atoms with Gasteiger partial charge in [-0.05, 0) is 78.9 Å². The molecule has 0 bridgehead atoms. The Morgan fingerprint density at radius 3 is 2.36 bits per heavy atom. The molecule has 42 heavy (non-hydrogen) atoms. The van der Waals surface area contributed by atoms with E-state index < -0.39 is 0 Å². The van der Waals surface area contributed by atoms with Gasteiger partial charge in [-0.15, -0.1) is 10.2 Å². The number of benzene rings is 2. The molecular weight excluding hydrogens is 520 g/mol. The van der Waals surface area contributed by atoms with Crippen molar-refractivity contribution in [3.63, 3.8) is 0 Å². The number of fused-ring (bicyclic) bond motifs is 5. The van der Waals surface area contributed by atoms with Crippen LogP contribution in [0, 0.1) is 0 Å². The van der Waals surface area contributed by atoms with E-state index in [0.717, 1.165) is 75.7 Å². The summed E-state index contributed by atoms with van der Waals surface area (Å²) < 4.78 is 4.38. The average molecular weight is 559 g/mol. The number of hydrogen-bond acceptors (Lipinski definition) is 6. The van der Waals surface area contributed by atoms with E-state index in [0.29, 0.717) is 0 Å². The molecule has 8 heteroatoms. The van der Waals surface area contributed by atoms with Gasteiger partial charge in [0, 0.05) is 42.3 Å². The minimum absolute atomic E-state index is 0.0787. The molecule has 0 atom stereocenters. The molecule has 1 aliphatic heterocycles. The summed E-state index contributed by atoms with van der Waals surface area (Å²) in [6, 6.07) is 19.5. The van der Waals surface area contributed by atoms with Gasteiger partial charge in [-0.2, -0.15) is 0 Å². The van der Waals surface area contributed by atoms with Gasteiger partial charge in [0.1, 0.15) is 11.6 Å². The van der Waals surface area contributed by atoms with E-state index in [1.54, 1.807) is 0 Å². The lowest BCUT2D eigenvalue weighted by Gasteiger charge is -2.19. The summed E-state index contributed by atoms with van der Waals surface area (Å²) >= 11 is 0. The molecule has 0 aliphatic carbocycles. The fourth-order valence-corrected chi connectivity index (χ4v) is 6.15. The first kappa shape index (κ1) is 26.6. The fourth-order valence-electron chi connectivity index (χ4n) is 6.15. The number of pyridine rings is 2. The number of likely N-dealkylation sites (tertiary alicyclic amines) is 1. The van der Waals surface area contributed by atoms with Crippen LogP contribution in [0.1, 0.15) is 51.9 Å². The molecule has 1 saturated heterocycles. The summed E-state index contributed by atoms with van der Waals surface area (Å²) in [4.78, 5) is 12.1. The van der Waals surface area contributed by atoms with Crippen LogP contribution in [0.3, 0.4) is 0 Å². The summed E-state index contributed by atoms with van der Waals surface area (Å²) in [6.45, 7) is 13.2. The van der Waals surface area contributed by atoms with Crippen molar-refractivity contribution < 1.29 is 0 Å². The Balaban J connectivity index is 1.30. The molecule has 214 valence electrons. The molecule has 0 spiro atoms. The van der Waals surface area contributed by atoms with Gasteiger partial charge in [0.2, 0.25) is 5.78 Å². The number of imidazole rings is 1. The molecule has 0 radical (unpaired) electrons. The third kappa shape index (κ3) is 4.69. The van der Waals surface area contributed by atoms with Gasteiger partial charge in [-0.3, -0.25) is 14.0 Å². The number of aryl methyl sites for hydroxylation is 1. The summed E-state index contributed by atoms with van der Waals surface area (Å²) in [6.07, 6.45) is 7.34. The van der Waals surface area contributed by atoms with E-state index in [-0.39, 0.29) is 5.41 Å². The van der Waals surface area contributed by atoms with Crippen molar-refractivity contribution in [2.45, 2.75) is 52.4 Å². The lowest BCUT2D eigenvalue weighted by molar-refractivity contribution is 0.352. The minimum Gasteiger partial charge on any atom is -0.369 e. The van der Waals surface area contributed by atoms with Crippen LogP contribution in [0.4, 0.5) is 5.82 Å². The van der Waals surface area contributed by atoms with Gasteiger partial charge in [-0.1, -0.05) is 45.9 Å². The Morgan fingerprint density at radius 1 is 0.857 bits per heavy atom. The quantitative estimate of drug-likeness (QED) is 0.236. The van der Waals surface area contributed by atoms with Gasteiger partial charge in [0.15, 0.2) is 0 Å². The molecule has 1 N–H and O–H groups in total. The number of rotatable bonds is 7. The highest BCUT2D eigenvalue weighted by molar-refractivity contribution is 6.06. The molecule has 1 aliphatic rings. The van der Waals surface area contributed by atoms with E-state index in [1.165, 1.54) is 31.5 Å². The van der Waals surface area contributed by atoms with Crippen LogP contribution < -0.4 is 5.32 Å². The molecule has 0 unspecified atom stereocenters. The molecule has 2 aromatic carbocycles. The zero-order chi connectivity index (χ0) is 28.8. The van der Waals surface area contributed by atoms with E-state index in [2.05, 4.69) is 112 Å². The van der Waals surface area contributed by atoms with Crippen molar-refractivity contribution in [1.82, 2.24) is 34.0 Å². The molecule has 0 saturated carbocycles. The number of nitrogens with zero attached hydrogens (tertiary/aromatic N) is 7. The van der Waals surface area contributed by atoms with Crippen molar-refractivity contribution in [3.8, 4) is 16.8 Å². The maximum Gasteiger partial charge on any atom is 0.241 e. The second-order valence-electron chi connectivity index (χ2n) is 12.4. The van der Waals surface area contributed by atoms with Gasteiger partial charge in [0.25, 0.3) is 0 Å². The first-order valence-electron chi connectivity index (χ1n) is 15.1. The van der Waals surface area contributed by atoms with Crippen molar-refractivity contribution in [3.05, 3.63) is 78.4 Å². The van der Waals surface area contributed by atoms with Gasteiger partial charge < -0.3 is 10.2 Å². The van der Waals surface area contributed by atoms with Crippen LogP contribution in [-0.2, 0) is 11.8 Å². The SMILES string of the molecule is CCc1nnc2n(-c3ccc(C(C)(C)C)cc3)c3c4cc(-c5ccc(NCCN6CCCC6)nc5)ccc4ncc3n12. The summed E-state index contributed by atoms with van der Waals surface area (Å²) in [5, 5.41) is 13.7. The van der Waals surface area contributed by atoms with E-state index in [1.807, 2.05) is 12.4 Å². The number of nitrogens with one attached hydrogen (secondary N) is 1. The molecule has 5 heterocycles. The zero-order valence-electron chi connectivity index (χ0n) is 24.9. The normalized spacial score (nSPS) is 14.5. The Labute approximate surface area is 246 Å². The van der Waals surface area contributed by atoms with Crippen molar-refractivity contribution in [1.29, 1.82) is 0 Å². The smallest absolute Gasteiger partial charge is 0.241 e. The second-order valence-corrected chi connectivity index (χ2v) is 12.4. The van der Waals surface area contributed by atoms with Crippen LogP contribution in [0.15, 0.2) is 67.0 Å². The summed E-state index contributed by atoms with van der Waals surface area (Å²) in [5.74, 6) is 2.64. The van der Waals surface area contributed by atoms with Crippen LogP contribution in [0.25, 0.3) is 44.5 Å². The Hall–Kier alpha value is -4.30. The molecular formula is C34H38N8. The standard InChI is InChI=1S/C34H38N8/c1-5-31-38-39-33-41(26-12-10-25(11-13-26)34(2,3)4)32-27-20-23(8-14-28(27)36-22-29(32)42(31)33)24-9-15-30(37-21-24)35-16-19-40-17-6-7-18-40/h8-15,20-22H,5-7,16-19H2,1-4H3,(H,35,37). The Morgan fingerprint density at radius 2 is 1.64 bits per heavy atom. The van der Waals surface area contributed by atoms with Crippen LogP contribution in [-0.4, -0.2) is 60.2 Å². The third-order valence-electron chi connectivity index (χ3n) is 8.54.